The number of carbonyl (C=O) groups is 1. The molecular formula is C25H25FN6O2. The number of amides is 1. The zero-order chi connectivity index (χ0) is 23.5. The van der Waals surface area contributed by atoms with Crippen LogP contribution in [0.5, 0.6) is 5.75 Å². The van der Waals surface area contributed by atoms with Crippen molar-refractivity contribution in [2.45, 2.75) is 39.3 Å². The number of halogens is 1. The molecule has 9 heteroatoms. The summed E-state index contributed by atoms with van der Waals surface area (Å²) in [6.45, 7) is 3.89. The third-order valence-corrected chi connectivity index (χ3v) is 5.70. The van der Waals surface area contributed by atoms with Crippen LogP contribution in [0.15, 0.2) is 55.1 Å². The summed E-state index contributed by atoms with van der Waals surface area (Å²) in [4.78, 5) is 22.3. The fourth-order valence-electron chi connectivity index (χ4n) is 4.03. The van der Waals surface area contributed by atoms with E-state index in [1.165, 1.54) is 12.1 Å². The Morgan fingerprint density at radius 1 is 1.21 bits per heavy atom. The number of ether oxygens (including phenoxy) is 1. The Morgan fingerprint density at radius 2 is 2.12 bits per heavy atom. The van der Waals surface area contributed by atoms with Gasteiger partial charge in [-0.15, -0.1) is 0 Å². The predicted octanol–water partition coefficient (Wildman–Crippen LogP) is 4.78. The van der Waals surface area contributed by atoms with E-state index in [9.17, 15) is 4.79 Å². The third kappa shape index (κ3) is 4.41. The molecule has 174 valence electrons. The van der Waals surface area contributed by atoms with Crippen LogP contribution < -0.4 is 10.1 Å². The van der Waals surface area contributed by atoms with E-state index in [4.69, 9.17) is 4.74 Å². The first-order valence-electron chi connectivity index (χ1n) is 11.4. The highest BCUT2D eigenvalue weighted by atomic mass is 19.1. The average Bonchev–Trinajstić information content (AvgIpc) is 3.48. The number of anilines is 1. The summed E-state index contributed by atoms with van der Waals surface area (Å²) in [7, 11) is 0. The van der Waals surface area contributed by atoms with E-state index in [-0.39, 0.29) is 11.3 Å². The minimum atomic E-state index is -0.466. The van der Waals surface area contributed by atoms with Gasteiger partial charge in [0.05, 0.1) is 18.4 Å². The van der Waals surface area contributed by atoms with Gasteiger partial charge >= 0.3 is 0 Å². The molecular weight excluding hydrogens is 435 g/mol. The Kier molecular flexibility index (Phi) is 6.07. The van der Waals surface area contributed by atoms with Crippen molar-refractivity contribution in [2.24, 2.45) is 0 Å². The summed E-state index contributed by atoms with van der Waals surface area (Å²) >= 11 is 0. The maximum absolute atomic E-state index is 15.1. The lowest BCUT2D eigenvalue weighted by atomic mass is 10.0. The van der Waals surface area contributed by atoms with Gasteiger partial charge in [-0.2, -0.15) is 5.10 Å². The van der Waals surface area contributed by atoms with Crippen molar-refractivity contribution in [2.75, 3.05) is 11.9 Å². The number of fused-ring (bicyclic) bond motifs is 5. The van der Waals surface area contributed by atoms with Crippen LogP contribution in [0.25, 0.3) is 22.6 Å². The fraction of sp³-hybridized carbons (Fsp3) is 0.280. The normalized spacial score (nSPS) is 13.9. The molecule has 0 fully saturated rings. The number of imidazole rings is 1. The Bertz CT molecular complexity index is 1330. The van der Waals surface area contributed by atoms with E-state index in [2.05, 4.69) is 20.4 Å². The smallest absolute Gasteiger partial charge is 0.260 e. The van der Waals surface area contributed by atoms with Gasteiger partial charge in [-0.05, 0) is 37.5 Å². The largest absolute Gasteiger partial charge is 0.493 e. The molecule has 2 bridgehead atoms. The molecule has 0 atom stereocenters. The van der Waals surface area contributed by atoms with Crippen LogP contribution in [0.1, 0.15) is 36.5 Å². The van der Waals surface area contributed by atoms with E-state index < -0.39 is 11.7 Å². The van der Waals surface area contributed by atoms with Gasteiger partial charge in [0.1, 0.15) is 23.1 Å². The summed E-state index contributed by atoms with van der Waals surface area (Å²) in [6.07, 6.45) is 9.51. The molecule has 0 unspecified atom stereocenters. The van der Waals surface area contributed by atoms with Gasteiger partial charge < -0.3 is 14.6 Å². The first-order chi connectivity index (χ1) is 16.6. The number of nitrogens with one attached hydrogen (secondary N) is 1. The van der Waals surface area contributed by atoms with Crippen LogP contribution in [-0.4, -0.2) is 36.8 Å². The average molecular weight is 461 g/mol. The Morgan fingerprint density at radius 3 is 3.00 bits per heavy atom. The van der Waals surface area contributed by atoms with Gasteiger partial charge in [0, 0.05) is 48.9 Å². The van der Waals surface area contributed by atoms with Crippen LogP contribution in [0, 0.1) is 5.82 Å². The zero-order valence-electron chi connectivity index (χ0n) is 18.9. The number of carbonyl (C=O) groups excluding carboxylic acids is 1. The summed E-state index contributed by atoms with van der Waals surface area (Å²) < 4.78 is 24.8. The van der Waals surface area contributed by atoms with Gasteiger partial charge in [0.2, 0.25) is 0 Å². The minimum Gasteiger partial charge on any atom is -0.493 e. The van der Waals surface area contributed by atoms with Gasteiger partial charge in [-0.3, -0.25) is 9.48 Å². The summed E-state index contributed by atoms with van der Waals surface area (Å²) in [5, 5.41) is 7.12. The zero-order valence-corrected chi connectivity index (χ0v) is 18.9. The standard InChI is InChI=1S/C25H25FN6O2/c1-2-9-32-16-17(15-28-32)18-13-19-22(14-20(18)26)34-12-4-3-10-31-11-8-27-24(31)21-6-5-7-23(29-21)30-25(19)33/h5-8,11,13-16H,2-4,9-10,12H2,1H3,(H,29,30,33). The number of rotatable bonds is 3. The highest BCUT2D eigenvalue weighted by Crippen LogP contribution is 2.31. The first-order valence-corrected chi connectivity index (χ1v) is 11.4. The Hall–Kier alpha value is -4.01. The van der Waals surface area contributed by atoms with E-state index in [0.717, 1.165) is 38.2 Å². The Labute approximate surface area is 196 Å². The summed E-state index contributed by atoms with van der Waals surface area (Å²) in [6, 6.07) is 8.19. The lowest BCUT2D eigenvalue weighted by molar-refractivity contribution is 0.102. The lowest BCUT2D eigenvalue weighted by Gasteiger charge is -2.15. The van der Waals surface area contributed by atoms with Crippen LogP contribution in [0.3, 0.4) is 0 Å². The molecule has 0 spiro atoms. The van der Waals surface area contributed by atoms with E-state index in [1.54, 1.807) is 29.3 Å². The quantitative estimate of drug-likeness (QED) is 0.475. The van der Waals surface area contributed by atoms with Gasteiger partial charge in [0.25, 0.3) is 5.91 Å². The van der Waals surface area contributed by atoms with Crippen molar-refractivity contribution < 1.29 is 13.9 Å². The molecule has 1 N–H and O–H groups in total. The van der Waals surface area contributed by atoms with Crippen molar-refractivity contribution in [3.8, 4) is 28.4 Å². The second kappa shape index (κ2) is 9.46. The predicted molar refractivity (Wildman–Crippen MR) is 126 cm³/mol. The lowest BCUT2D eigenvalue weighted by Crippen LogP contribution is -2.16. The van der Waals surface area contributed by atoms with Crippen LogP contribution in [-0.2, 0) is 13.1 Å². The molecule has 1 aliphatic rings. The second-order valence-corrected chi connectivity index (χ2v) is 8.18. The monoisotopic (exact) mass is 460 g/mol. The molecule has 34 heavy (non-hydrogen) atoms. The van der Waals surface area contributed by atoms with E-state index in [1.807, 2.05) is 29.8 Å². The number of nitrogens with zero attached hydrogens (tertiary/aromatic N) is 5. The minimum absolute atomic E-state index is 0.205. The van der Waals surface area contributed by atoms with Crippen molar-refractivity contribution >= 4 is 11.7 Å². The molecule has 0 saturated heterocycles. The topological polar surface area (TPSA) is 86.9 Å². The molecule has 3 aromatic heterocycles. The van der Waals surface area contributed by atoms with E-state index in [0.29, 0.717) is 29.2 Å². The third-order valence-electron chi connectivity index (χ3n) is 5.70. The van der Waals surface area contributed by atoms with E-state index >= 15 is 4.39 Å². The molecule has 5 rings (SSSR count). The second-order valence-electron chi connectivity index (χ2n) is 8.18. The SMILES string of the molecule is CCCn1cc(-c2cc3c(cc2F)OCCCCn2ccnc2-c2cccc(n2)NC3=O)cn1. The molecule has 4 aromatic rings. The number of aromatic nitrogens is 5. The van der Waals surface area contributed by atoms with Gasteiger partial charge in [-0.1, -0.05) is 13.0 Å². The van der Waals surface area contributed by atoms with Crippen LogP contribution >= 0.6 is 0 Å². The molecule has 0 saturated carbocycles. The molecule has 1 aromatic carbocycles. The summed E-state index contributed by atoms with van der Waals surface area (Å²) in [5.74, 6) is 0.426. The number of pyridine rings is 1. The number of aryl methyl sites for hydroxylation is 2. The molecule has 8 nitrogen and oxygen atoms in total. The number of hydrogen-bond acceptors (Lipinski definition) is 5. The molecule has 1 aliphatic heterocycles. The van der Waals surface area contributed by atoms with Crippen LogP contribution in [0.2, 0.25) is 0 Å². The van der Waals surface area contributed by atoms with Gasteiger partial charge in [0.15, 0.2) is 5.82 Å². The summed E-state index contributed by atoms with van der Waals surface area (Å²) in [5.41, 5.74) is 1.81. The Balaban J connectivity index is 1.54. The molecule has 0 radical (unpaired) electrons. The number of benzene rings is 1. The fourth-order valence-corrected chi connectivity index (χ4v) is 4.03. The maximum Gasteiger partial charge on any atom is 0.260 e. The molecule has 0 aliphatic carbocycles. The molecule has 1 amide bonds. The maximum atomic E-state index is 15.1. The molecule has 4 heterocycles. The first kappa shape index (κ1) is 21.8. The highest BCUT2D eigenvalue weighted by molar-refractivity contribution is 6.06. The number of hydrogen-bond donors (Lipinski definition) is 1. The van der Waals surface area contributed by atoms with Crippen molar-refractivity contribution in [1.29, 1.82) is 0 Å². The highest BCUT2D eigenvalue weighted by Gasteiger charge is 2.20. The van der Waals surface area contributed by atoms with Crippen molar-refractivity contribution in [3.63, 3.8) is 0 Å². The van der Waals surface area contributed by atoms with Gasteiger partial charge in [-0.25, -0.2) is 14.4 Å². The van der Waals surface area contributed by atoms with Crippen LogP contribution in [0.4, 0.5) is 10.2 Å². The van der Waals surface area contributed by atoms with Crippen molar-refractivity contribution in [1.82, 2.24) is 24.3 Å². The van der Waals surface area contributed by atoms with Crippen molar-refractivity contribution in [3.05, 3.63) is 66.5 Å².